The van der Waals surface area contributed by atoms with Gasteiger partial charge in [0.15, 0.2) is 0 Å². The molecule has 2 fully saturated rings. The minimum Gasteiger partial charge on any atom is -0.387 e. The molecule has 1 saturated carbocycles. The standard InChI is InChI=1S/C9H17NO/c1-2-5-10-6-9(11,7-10)8-3-4-8/h8,11H,2-7H2,1H3. The van der Waals surface area contributed by atoms with E-state index >= 15 is 0 Å². The Bertz CT molecular complexity index is 148. The fourth-order valence-corrected chi connectivity index (χ4v) is 2.08. The van der Waals surface area contributed by atoms with Crippen molar-refractivity contribution in [1.29, 1.82) is 0 Å². The van der Waals surface area contributed by atoms with Gasteiger partial charge in [-0.25, -0.2) is 0 Å². The molecule has 11 heavy (non-hydrogen) atoms. The number of hydrogen-bond donors (Lipinski definition) is 1. The average molecular weight is 155 g/mol. The van der Waals surface area contributed by atoms with Crippen molar-refractivity contribution in [3.8, 4) is 0 Å². The zero-order chi connectivity index (χ0) is 7.90. The van der Waals surface area contributed by atoms with E-state index in [9.17, 15) is 5.11 Å². The summed E-state index contributed by atoms with van der Waals surface area (Å²) in [6, 6.07) is 0. The van der Waals surface area contributed by atoms with Gasteiger partial charge >= 0.3 is 0 Å². The van der Waals surface area contributed by atoms with Gasteiger partial charge in [-0.2, -0.15) is 0 Å². The molecule has 0 amide bonds. The third kappa shape index (κ3) is 1.30. The third-order valence-corrected chi connectivity index (χ3v) is 2.87. The highest BCUT2D eigenvalue weighted by Gasteiger charge is 2.51. The molecule has 0 aromatic heterocycles. The lowest BCUT2D eigenvalue weighted by atomic mass is 9.89. The van der Waals surface area contributed by atoms with Crippen LogP contribution in [0.5, 0.6) is 0 Å². The van der Waals surface area contributed by atoms with Gasteiger partial charge in [-0.1, -0.05) is 6.92 Å². The number of nitrogens with zero attached hydrogens (tertiary/aromatic N) is 1. The average Bonchev–Trinajstić information content (AvgIpc) is 2.65. The van der Waals surface area contributed by atoms with Crippen molar-refractivity contribution in [3.63, 3.8) is 0 Å². The summed E-state index contributed by atoms with van der Waals surface area (Å²) >= 11 is 0. The van der Waals surface area contributed by atoms with Crippen LogP contribution in [0.3, 0.4) is 0 Å². The van der Waals surface area contributed by atoms with Gasteiger partial charge < -0.3 is 5.11 Å². The maximum atomic E-state index is 9.91. The predicted octanol–water partition coefficient (Wildman–Crippen LogP) is 0.853. The van der Waals surface area contributed by atoms with E-state index < -0.39 is 0 Å². The summed E-state index contributed by atoms with van der Waals surface area (Å²) in [6.45, 7) is 5.22. The molecule has 2 rings (SSSR count). The second kappa shape index (κ2) is 2.46. The first-order valence-electron chi connectivity index (χ1n) is 4.69. The Morgan fingerprint density at radius 3 is 2.55 bits per heavy atom. The molecule has 0 aromatic carbocycles. The molecule has 1 saturated heterocycles. The fraction of sp³-hybridized carbons (Fsp3) is 1.00. The summed E-state index contributed by atoms with van der Waals surface area (Å²) in [6.07, 6.45) is 3.73. The van der Waals surface area contributed by atoms with E-state index in [1.165, 1.54) is 19.3 Å². The molecule has 0 spiro atoms. The molecule has 1 N–H and O–H groups in total. The Kier molecular flexibility index (Phi) is 1.69. The monoisotopic (exact) mass is 155 g/mol. The van der Waals surface area contributed by atoms with Crippen LogP contribution in [0.25, 0.3) is 0 Å². The minimum atomic E-state index is -0.269. The van der Waals surface area contributed by atoms with E-state index in [2.05, 4.69) is 11.8 Å². The summed E-state index contributed by atoms with van der Waals surface area (Å²) in [5.74, 6) is 0.649. The van der Waals surface area contributed by atoms with Crippen molar-refractivity contribution in [2.45, 2.75) is 31.8 Å². The lowest BCUT2D eigenvalue weighted by Crippen LogP contribution is -2.63. The Morgan fingerprint density at radius 2 is 2.09 bits per heavy atom. The van der Waals surface area contributed by atoms with Gasteiger partial charge in [0.25, 0.3) is 0 Å². The summed E-state index contributed by atoms with van der Waals surface area (Å²) in [7, 11) is 0. The van der Waals surface area contributed by atoms with Crippen LogP contribution in [0.1, 0.15) is 26.2 Å². The van der Waals surface area contributed by atoms with Gasteiger partial charge in [0.2, 0.25) is 0 Å². The molecular weight excluding hydrogens is 138 g/mol. The molecule has 0 aromatic rings. The van der Waals surface area contributed by atoms with Crippen molar-refractivity contribution >= 4 is 0 Å². The third-order valence-electron chi connectivity index (χ3n) is 2.87. The molecule has 2 aliphatic rings. The van der Waals surface area contributed by atoms with Crippen LogP contribution >= 0.6 is 0 Å². The van der Waals surface area contributed by atoms with Crippen molar-refractivity contribution in [3.05, 3.63) is 0 Å². The highest BCUT2D eigenvalue weighted by molar-refractivity contribution is 5.04. The Labute approximate surface area is 68.2 Å². The zero-order valence-corrected chi connectivity index (χ0v) is 7.21. The summed E-state index contributed by atoms with van der Waals surface area (Å²) in [5.41, 5.74) is -0.269. The molecule has 1 heterocycles. The molecule has 2 heteroatoms. The van der Waals surface area contributed by atoms with Gasteiger partial charge in [0.05, 0.1) is 5.60 Å². The Hall–Kier alpha value is -0.0800. The number of aliphatic hydroxyl groups is 1. The summed E-state index contributed by atoms with van der Waals surface area (Å²) in [5, 5.41) is 9.91. The normalized spacial score (nSPS) is 30.0. The largest absolute Gasteiger partial charge is 0.387 e. The van der Waals surface area contributed by atoms with Crippen LogP contribution in [0, 0.1) is 5.92 Å². The molecule has 1 aliphatic carbocycles. The van der Waals surface area contributed by atoms with E-state index in [1.54, 1.807) is 0 Å². The van der Waals surface area contributed by atoms with Gasteiger partial charge in [0, 0.05) is 13.1 Å². The van der Waals surface area contributed by atoms with E-state index in [0.29, 0.717) is 5.92 Å². The number of likely N-dealkylation sites (tertiary alicyclic amines) is 1. The summed E-state index contributed by atoms with van der Waals surface area (Å²) in [4.78, 5) is 2.35. The number of β-amino-alcohol motifs (C(OH)–C–C–N with tert-alkyl or cyclic N) is 1. The van der Waals surface area contributed by atoms with E-state index in [0.717, 1.165) is 19.6 Å². The first-order valence-corrected chi connectivity index (χ1v) is 4.69. The van der Waals surface area contributed by atoms with Crippen LogP contribution < -0.4 is 0 Å². The van der Waals surface area contributed by atoms with Crippen molar-refractivity contribution < 1.29 is 5.11 Å². The predicted molar refractivity (Wildman–Crippen MR) is 44.4 cm³/mol. The van der Waals surface area contributed by atoms with Crippen molar-refractivity contribution in [2.24, 2.45) is 5.92 Å². The number of hydrogen-bond acceptors (Lipinski definition) is 2. The van der Waals surface area contributed by atoms with Crippen LogP contribution in [0.4, 0.5) is 0 Å². The van der Waals surface area contributed by atoms with Crippen LogP contribution in [0.2, 0.25) is 0 Å². The second-order valence-electron chi connectivity index (χ2n) is 4.09. The first kappa shape index (κ1) is 7.56. The molecule has 0 radical (unpaired) electrons. The number of rotatable bonds is 3. The molecule has 0 bridgehead atoms. The maximum Gasteiger partial charge on any atom is 0.0928 e. The van der Waals surface area contributed by atoms with Crippen LogP contribution in [-0.4, -0.2) is 35.2 Å². The van der Waals surface area contributed by atoms with Gasteiger partial charge in [-0.15, -0.1) is 0 Å². The maximum absolute atomic E-state index is 9.91. The Balaban J connectivity index is 1.76. The summed E-state index contributed by atoms with van der Waals surface area (Å²) < 4.78 is 0. The zero-order valence-electron chi connectivity index (χ0n) is 7.21. The quantitative estimate of drug-likeness (QED) is 0.653. The highest BCUT2D eigenvalue weighted by Crippen LogP contribution is 2.44. The fourth-order valence-electron chi connectivity index (χ4n) is 2.08. The van der Waals surface area contributed by atoms with E-state index in [4.69, 9.17) is 0 Å². The lowest BCUT2D eigenvalue weighted by molar-refractivity contribution is -0.112. The molecule has 64 valence electrons. The molecule has 0 atom stereocenters. The molecule has 0 unspecified atom stereocenters. The minimum absolute atomic E-state index is 0.269. The molecular formula is C9H17NO. The topological polar surface area (TPSA) is 23.5 Å². The van der Waals surface area contributed by atoms with Crippen molar-refractivity contribution in [1.82, 2.24) is 4.90 Å². The highest BCUT2D eigenvalue weighted by atomic mass is 16.3. The molecule has 1 aliphatic heterocycles. The first-order chi connectivity index (χ1) is 5.24. The Morgan fingerprint density at radius 1 is 1.45 bits per heavy atom. The van der Waals surface area contributed by atoms with Crippen LogP contribution in [-0.2, 0) is 0 Å². The lowest BCUT2D eigenvalue weighted by Gasteiger charge is -2.47. The second-order valence-corrected chi connectivity index (χ2v) is 4.09. The van der Waals surface area contributed by atoms with E-state index in [-0.39, 0.29) is 5.60 Å². The van der Waals surface area contributed by atoms with Crippen molar-refractivity contribution in [2.75, 3.05) is 19.6 Å². The SMILES string of the molecule is CCCN1CC(O)(C2CC2)C1. The van der Waals surface area contributed by atoms with Gasteiger partial charge in [-0.3, -0.25) is 4.90 Å². The smallest absolute Gasteiger partial charge is 0.0928 e. The van der Waals surface area contributed by atoms with E-state index in [1.807, 2.05) is 0 Å². The van der Waals surface area contributed by atoms with Gasteiger partial charge in [0.1, 0.15) is 0 Å². The van der Waals surface area contributed by atoms with Gasteiger partial charge in [-0.05, 0) is 31.7 Å². The van der Waals surface area contributed by atoms with Crippen LogP contribution in [0.15, 0.2) is 0 Å². The molecule has 2 nitrogen and oxygen atoms in total.